The van der Waals surface area contributed by atoms with Crippen molar-refractivity contribution in [2.24, 2.45) is 0 Å². The number of hydrogen-bond acceptors (Lipinski definition) is 3. The van der Waals surface area contributed by atoms with E-state index < -0.39 is 0 Å². The minimum absolute atomic E-state index is 0.182. The maximum atomic E-state index is 13.6. The van der Waals surface area contributed by atoms with E-state index >= 15 is 0 Å². The number of fused-ring (bicyclic) bond motifs is 3. The molecule has 1 aliphatic carbocycles. The van der Waals surface area contributed by atoms with Crippen LogP contribution in [0.1, 0.15) is 39.1 Å². The van der Waals surface area contributed by atoms with Crippen molar-refractivity contribution < 1.29 is 0 Å². The second-order valence-corrected chi connectivity index (χ2v) is 9.39. The second kappa shape index (κ2) is 7.10. The lowest BCUT2D eigenvalue weighted by atomic mass is 10.1. The topological polar surface area (TPSA) is 44.0 Å². The second-order valence-electron chi connectivity index (χ2n) is 8.30. The summed E-state index contributed by atoms with van der Waals surface area (Å²) in [7, 11) is 0. The molecule has 2 aromatic carbocycles. The first kappa shape index (κ1) is 19.1. The summed E-state index contributed by atoms with van der Waals surface area (Å²) in [5.74, 6) is 0. The third-order valence-corrected chi connectivity index (χ3v) is 7.47. The van der Waals surface area contributed by atoms with Crippen LogP contribution in [0.5, 0.6) is 0 Å². The van der Waals surface area contributed by atoms with Crippen molar-refractivity contribution in [3.05, 3.63) is 96.0 Å². The number of aromatic nitrogens is 2. The molecule has 0 atom stereocenters. The number of aryl methyl sites for hydroxylation is 5. The third kappa shape index (κ3) is 2.96. The molecule has 0 saturated carbocycles. The Kier molecular flexibility index (Phi) is 4.51. The molecule has 0 aliphatic heterocycles. The van der Waals surface area contributed by atoms with Gasteiger partial charge in [-0.3, -0.25) is 9.36 Å². The Hall–Kier alpha value is -2.92. The average Bonchev–Trinajstić information content (AvgIpc) is 3.29. The fourth-order valence-corrected chi connectivity index (χ4v) is 5.80. The zero-order valence-electron chi connectivity index (χ0n) is 17.5. The van der Waals surface area contributed by atoms with E-state index in [0.717, 1.165) is 57.3 Å². The van der Waals surface area contributed by atoms with Gasteiger partial charge in [-0.2, -0.15) is 0 Å². The number of rotatable bonds is 3. The molecule has 0 saturated heterocycles. The normalized spacial score (nSPS) is 13.2. The van der Waals surface area contributed by atoms with E-state index in [-0.39, 0.29) is 11.2 Å². The molecular formula is C25H24N2O2S. The minimum Gasteiger partial charge on any atom is -0.280 e. The smallest absolute Gasteiger partial charge is 0.280 e. The first-order valence-corrected chi connectivity index (χ1v) is 11.2. The monoisotopic (exact) mass is 416 g/mol. The van der Waals surface area contributed by atoms with Gasteiger partial charge < -0.3 is 0 Å². The predicted octanol–water partition coefficient (Wildman–Crippen LogP) is 4.68. The number of nitrogens with zero attached hydrogens (tertiary/aromatic N) is 2. The molecule has 4 nitrogen and oxygen atoms in total. The van der Waals surface area contributed by atoms with Gasteiger partial charge >= 0.3 is 5.69 Å². The highest BCUT2D eigenvalue weighted by Gasteiger charge is 2.25. The van der Waals surface area contributed by atoms with Crippen LogP contribution in [0.4, 0.5) is 0 Å². The van der Waals surface area contributed by atoms with E-state index in [1.807, 2.05) is 44.2 Å². The lowest BCUT2D eigenvalue weighted by molar-refractivity contribution is 0.718. The van der Waals surface area contributed by atoms with E-state index in [9.17, 15) is 9.59 Å². The third-order valence-electron chi connectivity index (χ3n) is 6.16. The lowest BCUT2D eigenvalue weighted by Crippen LogP contribution is -2.39. The summed E-state index contributed by atoms with van der Waals surface area (Å²) in [6.45, 7) is 6.56. The van der Waals surface area contributed by atoms with Gasteiger partial charge in [0, 0.05) is 4.88 Å². The highest BCUT2D eigenvalue weighted by Crippen LogP contribution is 2.35. The predicted molar refractivity (Wildman–Crippen MR) is 123 cm³/mol. The molecule has 0 N–H and O–H groups in total. The molecule has 0 unspecified atom stereocenters. The minimum atomic E-state index is -0.266. The summed E-state index contributed by atoms with van der Waals surface area (Å²) in [4.78, 5) is 29.3. The Morgan fingerprint density at radius 3 is 2.57 bits per heavy atom. The van der Waals surface area contributed by atoms with Gasteiger partial charge in [-0.25, -0.2) is 9.36 Å². The van der Waals surface area contributed by atoms with E-state index in [4.69, 9.17) is 0 Å². The van der Waals surface area contributed by atoms with Crippen LogP contribution in [0.25, 0.3) is 15.9 Å². The van der Waals surface area contributed by atoms with Crippen LogP contribution in [-0.2, 0) is 19.4 Å². The van der Waals surface area contributed by atoms with E-state index in [1.54, 1.807) is 15.9 Å². The van der Waals surface area contributed by atoms with Crippen molar-refractivity contribution in [3.63, 3.8) is 0 Å². The molecule has 152 valence electrons. The van der Waals surface area contributed by atoms with E-state index in [2.05, 4.69) is 19.1 Å². The van der Waals surface area contributed by atoms with Gasteiger partial charge in [0.15, 0.2) is 0 Å². The first-order chi connectivity index (χ1) is 14.4. The summed E-state index contributed by atoms with van der Waals surface area (Å²) >= 11 is 1.62. The molecule has 30 heavy (non-hydrogen) atoms. The molecule has 2 aromatic heterocycles. The fourth-order valence-electron chi connectivity index (χ4n) is 4.43. The lowest BCUT2D eigenvalue weighted by Gasteiger charge is -2.14. The van der Waals surface area contributed by atoms with Gasteiger partial charge in [0.25, 0.3) is 5.56 Å². The molecule has 0 spiro atoms. The molecule has 0 bridgehead atoms. The summed E-state index contributed by atoms with van der Waals surface area (Å²) in [6.07, 6.45) is 2.99. The van der Waals surface area contributed by atoms with Gasteiger partial charge in [0.05, 0.1) is 17.6 Å². The van der Waals surface area contributed by atoms with Crippen LogP contribution in [0, 0.1) is 20.8 Å². The van der Waals surface area contributed by atoms with Gasteiger partial charge in [-0.05, 0) is 74.4 Å². The molecular weight excluding hydrogens is 392 g/mol. The number of benzene rings is 2. The van der Waals surface area contributed by atoms with Crippen molar-refractivity contribution in [3.8, 4) is 5.69 Å². The maximum absolute atomic E-state index is 13.6. The molecule has 0 amide bonds. The Bertz CT molecular complexity index is 1420. The summed E-state index contributed by atoms with van der Waals surface area (Å²) in [6, 6.07) is 14.0. The van der Waals surface area contributed by atoms with Gasteiger partial charge in [0.1, 0.15) is 4.83 Å². The molecule has 5 heteroatoms. The van der Waals surface area contributed by atoms with Crippen LogP contribution in [0.15, 0.2) is 52.1 Å². The Balaban J connectivity index is 1.83. The van der Waals surface area contributed by atoms with Gasteiger partial charge in [0.2, 0.25) is 0 Å². The SMILES string of the molecule is Cc1cccc(Cn2c(=O)n(-c3ccc(C)c(C)c3)c(=O)c3c4c(sc32)CCC4)c1. The van der Waals surface area contributed by atoms with Gasteiger partial charge in [-0.15, -0.1) is 11.3 Å². The largest absolute Gasteiger partial charge is 0.337 e. The standard InChI is InChI=1S/C25H24N2O2S/c1-15-6-4-7-18(12-15)14-26-24-22(20-8-5-9-21(20)30-24)23(28)27(25(26)29)19-11-10-16(2)17(3)13-19/h4,6-7,10-13H,5,8-9,14H2,1-3H3. The van der Waals surface area contributed by atoms with E-state index in [0.29, 0.717) is 12.2 Å². The molecule has 0 radical (unpaired) electrons. The fraction of sp³-hybridized carbons (Fsp3) is 0.280. The molecule has 5 rings (SSSR count). The van der Waals surface area contributed by atoms with Crippen LogP contribution in [-0.4, -0.2) is 9.13 Å². The van der Waals surface area contributed by atoms with Crippen LogP contribution in [0.2, 0.25) is 0 Å². The van der Waals surface area contributed by atoms with Crippen LogP contribution < -0.4 is 11.2 Å². The van der Waals surface area contributed by atoms with Crippen molar-refractivity contribution >= 4 is 21.6 Å². The highest BCUT2D eigenvalue weighted by atomic mass is 32.1. The van der Waals surface area contributed by atoms with E-state index in [1.165, 1.54) is 9.44 Å². The van der Waals surface area contributed by atoms with Crippen LogP contribution in [0.3, 0.4) is 0 Å². The zero-order valence-corrected chi connectivity index (χ0v) is 18.3. The zero-order chi connectivity index (χ0) is 21.0. The number of hydrogen-bond donors (Lipinski definition) is 0. The summed E-state index contributed by atoms with van der Waals surface area (Å²) < 4.78 is 3.17. The summed E-state index contributed by atoms with van der Waals surface area (Å²) in [5, 5.41) is 0.734. The van der Waals surface area contributed by atoms with Crippen LogP contribution >= 0.6 is 11.3 Å². The Labute approximate surface area is 179 Å². The molecule has 4 aromatic rings. The highest BCUT2D eigenvalue weighted by molar-refractivity contribution is 7.18. The molecule has 2 heterocycles. The Morgan fingerprint density at radius 2 is 1.80 bits per heavy atom. The summed E-state index contributed by atoms with van der Waals surface area (Å²) in [5.41, 5.74) is 5.78. The van der Waals surface area contributed by atoms with Crippen molar-refractivity contribution in [1.29, 1.82) is 0 Å². The van der Waals surface area contributed by atoms with Crippen molar-refractivity contribution in [2.45, 2.75) is 46.6 Å². The maximum Gasteiger partial charge on any atom is 0.337 e. The first-order valence-electron chi connectivity index (χ1n) is 10.4. The molecule has 1 aliphatic rings. The van der Waals surface area contributed by atoms with Crippen molar-refractivity contribution in [1.82, 2.24) is 9.13 Å². The molecule has 0 fully saturated rings. The Morgan fingerprint density at radius 1 is 0.967 bits per heavy atom. The average molecular weight is 417 g/mol. The van der Waals surface area contributed by atoms with Gasteiger partial charge in [-0.1, -0.05) is 35.9 Å². The quantitative estimate of drug-likeness (QED) is 0.487. The van der Waals surface area contributed by atoms with Crippen molar-refractivity contribution in [2.75, 3.05) is 0 Å². The number of thiophene rings is 1.